The van der Waals surface area contributed by atoms with E-state index in [1.807, 2.05) is 0 Å². The Labute approximate surface area is 209 Å². The Hall–Kier alpha value is -2.82. The Bertz CT molecular complexity index is 1090. The molecule has 0 aromatic heterocycles. The van der Waals surface area contributed by atoms with Gasteiger partial charge in [0.15, 0.2) is 0 Å². The molecular formula is C23H23Cl2F3N4O3. The minimum absolute atomic E-state index is 0.0769. The standard InChI is InChI=1S/C23H23Cl2F3N4O3/c24-15-6-4-14(5-7-15)19(33)30-12-13-31-21(35)22(8-10-29-11-9-22)32-20(34)16-2-1-3-17(18(16)25)23(26,27)28/h1-7,29H,8-13H2,(H,30,33)(H,31,35)(H,32,34). The fourth-order valence-corrected chi connectivity index (χ4v) is 4.14. The number of carbonyl (C=O) groups excluding carboxylic acids is 3. The van der Waals surface area contributed by atoms with Crippen LogP contribution in [0.3, 0.4) is 0 Å². The highest BCUT2D eigenvalue weighted by atomic mass is 35.5. The van der Waals surface area contributed by atoms with Crippen molar-refractivity contribution >= 4 is 40.9 Å². The molecule has 7 nitrogen and oxygen atoms in total. The van der Waals surface area contributed by atoms with Crippen molar-refractivity contribution in [2.75, 3.05) is 26.2 Å². The van der Waals surface area contributed by atoms with Crippen LogP contribution in [0.1, 0.15) is 39.1 Å². The fraction of sp³-hybridized carbons (Fsp3) is 0.348. The molecule has 4 N–H and O–H groups in total. The van der Waals surface area contributed by atoms with Gasteiger partial charge in [0.2, 0.25) is 5.91 Å². The molecule has 12 heteroatoms. The van der Waals surface area contributed by atoms with Gasteiger partial charge in [-0.25, -0.2) is 0 Å². The second-order valence-corrected chi connectivity index (χ2v) is 8.78. The first-order chi connectivity index (χ1) is 16.5. The van der Waals surface area contributed by atoms with E-state index in [1.54, 1.807) is 24.3 Å². The van der Waals surface area contributed by atoms with Crippen LogP contribution in [-0.2, 0) is 11.0 Å². The highest BCUT2D eigenvalue weighted by Gasteiger charge is 2.42. The lowest BCUT2D eigenvalue weighted by Gasteiger charge is -2.37. The highest BCUT2D eigenvalue weighted by Crippen LogP contribution is 2.36. The van der Waals surface area contributed by atoms with E-state index in [1.165, 1.54) is 6.07 Å². The number of benzene rings is 2. The summed E-state index contributed by atoms with van der Waals surface area (Å²) in [6.45, 7) is 1.02. The first-order valence-electron chi connectivity index (χ1n) is 10.7. The van der Waals surface area contributed by atoms with Gasteiger partial charge in [0.25, 0.3) is 11.8 Å². The van der Waals surface area contributed by atoms with Crippen LogP contribution in [0, 0.1) is 0 Å². The molecule has 0 unspecified atom stereocenters. The molecule has 188 valence electrons. The lowest BCUT2D eigenvalue weighted by atomic mass is 9.86. The molecule has 3 rings (SSSR count). The maximum Gasteiger partial charge on any atom is 0.417 e. The van der Waals surface area contributed by atoms with Gasteiger partial charge in [0.05, 0.1) is 16.1 Å². The Balaban J connectivity index is 1.64. The van der Waals surface area contributed by atoms with Crippen molar-refractivity contribution in [3.63, 3.8) is 0 Å². The number of halogens is 5. The van der Waals surface area contributed by atoms with Crippen LogP contribution < -0.4 is 21.3 Å². The topological polar surface area (TPSA) is 99.3 Å². The molecule has 0 atom stereocenters. The van der Waals surface area contributed by atoms with Gasteiger partial charge in [-0.15, -0.1) is 0 Å². The fourth-order valence-electron chi connectivity index (χ4n) is 3.70. The van der Waals surface area contributed by atoms with E-state index in [9.17, 15) is 27.6 Å². The average molecular weight is 531 g/mol. The summed E-state index contributed by atoms with van der Waals surface area (Å²) in [5.74, 6) is -1.73. The molecule has 2 aromatic carbocycles. The van der Waals surface area contributed by atoms with Crippen LogP contribution in [0.2, 0.25) is 10.0 Å². The van der Waals surface area contributed by atoms with Crippen molar-refractivity contribution in [1.82, 2.24) is 21.3 Å². The smallest absolute Gasteiger partial charge is 0.352 e. The third-order valence-electron chi connectivity index (χ3n) is 5.60. The second kappa shape index (κ2) is 11.3. The van der Waals surface area contributed by atoms with Gasteiger partial charge in [-0.1, -0.05) is 29.3 Å². The minimum atomic E-state index is -4.73. The SMILES string of the molecule is O=C(NCCNC(=O)C1(NC(=O)c2cccc(C(F)(F)F)c2Cl)CCNCC1)c1ccc(Cl)cc1. The average Bonchev–Trinajstić information content (AvgIpc) is 2.81. The monoisotopic (exact) mass is 530 g/mol. The van der Waals surface area contributed by atoms with Gasteiger partial charge < -0.3 is 21.3 Å². The summed E-state index contributed by atoms with van der Waals surface area (Å²) in [5.41, 5.74) is -2.45. The summed E-state index contributed by atoms with van der Waals surface area (Å²) < 4.78 is 39.6. The summed E-state index contributed by atoms with van der Waals surface area (Å²) in [7, 11) is 0. The number of nitrogens with one attached hydrogen (secondary N) is 4. The van der Waals surface area contributed by atoms with Crippen LogP contribution in [0.25, 0.3) is 0 Å². The third-order valence-corrected chi connectivity index (χ3v) is 6.26. The Morgan fingerprint density at radius 1 is 0.914 bits per heavy atom. The van der Waals surface area contributed by atoms with Crippen molar-refractivity contribution in [1.29, 1.82) is 0 Å². The number of hydrogen-bond donors (Lipinski definition) is 4. The first-order valence-corrected chi connectivity index (χ1v) is 11.5. The summed E-state index contributed by atoms with van der Waals surface area (Å²) in [6, 6.07) is 9.33. The van der Waals surface area contributed by atoms with E-state index in [2.05, 4.69) is 21.3 Å². The lowest BCUT2D eigenvalue weighted by Crippen LogP contribution is -2.63. The van der Waals surface area contributed by atoms with Crippen molar-refractivity contribution in [3.05, 3.63) is 69.2 Å². The van der Waals surface area contributed by atoms with Crippen LogP contribution in [0.4, 0.5) is 13.2 Å². The summed E-state index contributed by atoms with van der Waals surface area (Å²) >= 11 is 11.7. The molecule has 0 saturated carbocycles. The van der Waals surface area contributed by atoms with Gasteiger partial charge in [-0.05, 0) is 62.3 Å². The Morgan fingerprint density at radius 2 is 1.54 bits per heavy atom. The van der Waals surface area contributed by atoms with Crippen molar-refractivity contribution < 1.29 is 27.6 Å². The Morgan fingerprint density at radius 3 is 2.17 bits per heavy atom. The molecule has 0 bridgehead atoms. The second-order valence-electron chi connectivity index (χ2n) is 7.97. The maximum absolute atomic E-state index is 13.2. The molecule has 0 radical (unpaired) electrons. The summed E-state index contributed by atoms with van der Waals surface area (Å²) in [5, 5.41) is 10.8. The quantitative estimate of drug-likeness (QED) is 0.412. The van der Waals surface area contributed by atoms with E-state index in [-0.39, 0.29) is 37.4 Å². The molecule has 1 heterocycles. The van der Waals surface area contributed by atoms with Gasteiger partial charge >= 0.3 is 6.18 Å². The molecule has 1 aliphatic rings. The zero-order valence-corrected chi connectivity index (χ0v) is 19.9. The van der Waals surface area contributed by atoms with Crippen LogP contribution >= 0.6 is 23.2 Å². The first kappa shape index (κ1) is 26.8. The maximum atomic E-state index is 13.2. The van der Waals surface area contributed by atoms with Crippen LogP contribution in [0.15, 0.2) is 42.5 Å². The number of alkyl halides is 3. The molecule has 2 aromatic rings. The molecule has 1 aliphatic heterocycles. The number of hydrogen-bond acceptors (Lipinski definition) is 4. The normalized spacial score (nSPS) is 15.2. The number of carbonyl (C=O) groups is 3. The molecule has 1 saturated heterocycles. The zero-order valence-electron chi connectivity index (χ0n) is 18.4. The van der Waals surface area contributed by atoms with Crippen LogP contribution in [0.5, 0.6) is 0 Å². The number of amides is 3. The largest absolute Gasteiger partial charge is 0.417 e. The summed E-state index contributed by atoms with van der Waals surface area (Å²) in [4.78, 5) is 38.1. The van der Waals surface area contributed by atoms with Crippen LogP contribution in [-0.4, -0.2) is 49.4 Å². The van der Waals surface area contributed by atoms with Crippen molar-refractivity contribution in [2.24, 2.45) is 0 Å². The lowest BCUT2D eigenvalue weighted by molar-refractivity contribution is -0.137. The van der Waals surface area contributed by atoms with Gasteiger partial charge in [-0.3, -0.25) is 14.4 Å². The number of piperidine rings is 1. The van der Waals surface area contributed by atoms with Crippen molar-refractivity contribution in [3.8, 4) is 0 Å². The Kier molecular flexibility index (Phi) is 8.63. The predicted molar refractivity (Wildman–Crippen MR) is 126 cm³/mol. The molecular weight excluding hydrogens is 508 g/mol. The van der Waals surface area contributed by atoms with Gasteiger partial charge in [0, 0.05) is 23.7 Å². The van der Waals surface area contributed by atoms with E-state index in [0.29, 0.717) is 23.7 Å². The van der Waals surface area contributed by atoms with E-state index >= 15 is 0 Å². The van der Waals surface area contributed by atoms with E-state index in [4.69, 9.17) is 23.2 Å². The molecule has 0 spiro atoms. The summed E-state index contributed by atoms with van der Waals surface area (Å²) in [6.07, 6.45) is -4.29. The zero-order chi connectivity index (χ0) is 25.6. The highest BCUT2D eigenvalue weighted by molar-refractivity contribution is 6.34. The molecule has 1 fully saturated rings. The third kappa shape index (κ3) is 6.65. The molecule has 35 heavy (non-hydrogen) atoms. The van der Waals surface area contributed by atoms with Crippen molar-refractivity contribution in [2.45, 2.75) is 24.6 Å². The minimum Gasteiger partial charge on any atom is -0.352 e. The van der Waals surface area contributed by atoms with Gasteiger partial charge in [0.1, 0.15) is 5.54 Å². The van der Waals surface area contributed by atoms with E-state index in [0.717, 1.165) is 12.1 Å². The molecule has 0 aliphatic carbocycles. The predicted octanol–water partition coefficient (Wildman–Crippen LogP) is 3.41. The molecule has 3 amide bonds. The number of rotatable bonds is 7. The van der Waals surface area contributed by atoms with Gasteiger partial charge in [-0.2, -0.15) is 13.2 Å². The van der Waals surface area contributed by atoms with E-state index < -0.39 is 34.1 Å².